The standard InChI is InChI=1S/C13H22N4O2/c1-4-17(5-2)9-8-16-12-11(14)10(6-7-15-12)13(18)19-3/h6-7H,4-5,8-9,14H2,1-3H3,(H,15,16). The number of hydrogen-bond acceptors (Lipinski definition) is 6. The summed E-state index contributed by atoms with van der Waals surface area (Å²) in [5, 5.41) is 3.15. The van der Waals surface area contributed by atoms with Gasteiger partial charge in [-0.05, 0) is 19.2 Å². The van der Waals surface area contributed by atoms with Crippen LogP contribution in [0.1, 0.15) is 24.2 Å². The fourth-order valence-corrected chi connectivity index (χ4v) is 1.77. The summed E-state index contributed by atoms with van der Waals surface area (Å²) in [5.41, 5.74) is 6.57. The number of methoxy groups -OCH3 is 1. The summed E-state index contributed by atoms with van der Waals surface area (Å²) in [7, 11) is 1.33. The number of nitrogens with one attached hydrogen (secondary N) is 1. The molecule has 0 aliphatic carbocycles. The normalized spacial score (nSPS) is 10.5. The lowest BCUT2D eigenvalue weighted by Gasteiger charge is -2.18. The lowest BCUT2D eigenvalue weighted by molar-refractivity contribution is 0.0602. The van der Waals surface area contributed by atoms with Gasteiger partial charge in [-0.2, -0.15) is 0 Å². The van der Waals surface area contributed by atoms with Crippen LogP contribution in [0.25, 0.3) is 0 Å². The Labute approximate surface area is 113 Å². The van der Waals surface area contributed by atoms with E-state index in [1.54, 1.807) is 12.3 Å². The van der Waals surface area contributed by atoms with Crippen molar-refractivity contribution in [1.29, 1.82) is 0 Å². The van der Waals surface area contributed by atoms with E-state index in [0.717, 1.165) is 26.2 Å². The molecule has 0 radical (unpaired) electrons. The number of esters is 1. The summed E-state index contributed by atoms with van der Waals surface area (Å²) in [6.07, 6.45) is 1.54. The van der Waals surface area contributed by atoms with Crippen LogP contribution in [0.2, 0.25) is 0 Å². The molecule has 0 bridgehead atoms. The smallest absolute Gasteiger partial charge is 0.340 e. The van der Waals surface area contributed by atoms with Crippen LogP contribution < -0.4 is 11.1 Å². The maximum Gasteiger partial charge on any atom is 0.340 e. The van der Waals surface area contributed by atoms with Gasteiger partial charge in [0.1, 0.15) is 5.82 Å². The van der Waals surface area contributed by atoms with E-state index >= 15 is 0 Å². The molecule has 19 heavy (non-hydrogen) atoms. The van der Waals surface area contributed by atoms with Crippen molar-refractivity contribution in [2.75, 3.05) is 44.3 Å². The molecule has 1 aromatic heterocycles. The zero-order valence-corrected chi connectivity index (χ0v) is 11.8. The molecular weight excluding hydrogens is 244 g/mol. The van der Waals surface area contributed by atoms with E-state index in [1.165, 1.54) is 7.11 Å². The van der Waals surface area contributed by atoms with E-state index in [0.29, 0.717) is 17.1 Å². The summed E-state index contributed by atoms with van der Waals surface area (Å²) in [6, 6.07) is 1.55. The first kappa shape index (κ1) is 15.2. The number of anilines is 2. The minimum Gasteiger partial charge on any atom is -0.465 e. The van der Waals surface area contributed by atoms with Crippen molar-refractivity contribution in [2.45, 2.75) is 13.8 Å². The lowest BCUT2D eigenvalue weighted by atomic mass is 10.2. The highest BCUT2D eigenvalue weighted by Gasteiger charge is 2.13. The van der Waals surface area contributed by atoms with Crippen molar-refractivity contribution in [2.24, 2.45) is 0 Å². The number of pyridine rings is 1. The first-order chi connectivity index (χ1) is 9.13. The number of likely N-dealkylation sites (N-methyl/N-ethyl adjacent to an activating group) is 1. The summed E-state index contributed by atoms with van der Waals surface area (Å²) in [4.78, 5) is 17.9. The van der Waals surface area contributed by atoms with Crippen molar-refractivity contribution in [3.8, 4) is 0 Å². The molecule has 6 heteroatoms. The molecule has 0 aliphatic heterocycles. The van der Waals surface area contributed by atoms with Crippen molar-refractivity contribution in [3.63, 3.8) is 0 Å². The molecule has 6 nitrogen and oxygen atoms in total. The number of carbonyl (C=O) groups excluding carboxylic acids is 1. The van der Waals surface area contributed by atoms with Crippen LogP contribution >= 0.6 is 0 Å². The molecule has 106 valence electrons. The molecule has 1 rings (SSSR count). The molecular formula is C13H22N4O2. The van der Waals surface area contributed by atoms with E-state index in [9.17, 15) is 4.79 Å². The Morgan fingerprint density at radius 3 is 2.74 bits per heavy atom. The Kier molecular flexibility index (Phi) is 6.08. The average Bonchev–Trinajstić information content (AvgIpc) is 2.44. The molecule has 0 saturated heterocycles. The number of nitrogens with two attached hydrogens (primary N) is 1. The number of aromatic nitrogens is 1. The van der Waals surface area contributed by atoms with Crippen molar-refractivity contribution in [3.05, 3.63) is 17.8 Å². The van der Waals surface area contributed by atoms with Crippen LogP contribution in [-0.4, -0.2) is 49.1 Å². The molecule has 0 spiro atoms. The number of nitrogens with zero attached hydrogens (tertiary/aromatic N) is 2. The number of nitrogen functional groups attached to an aromatic ring is 1. The molecule has 0 saturated carbocycles. The first-order valence-corrected chi connectivity index (χ1v) is 6.43. The van der Waals surface area contributed by atoms with E-state index in [1.807, 2.05) is 0 Å². The monoisotopic (exact) mass is 266 g/mol. The Morgan fingerprint density at radius 2 is 2.16 bits per heavy atom. The predicted molar refractivity (Wildman–Crippen MR) is 76.3 cm³/mol. The SMILES string of the molecule is CCN(CC)CCNc1nccc(C(=O)OC)c1N. The molecule has 0 aliphatic rings. The van der Waals surface area contributed by atoms with Gasteiger partial charge in [0.25, 0.3) is 0 Å². The summed E-state index contributed by atoms with van der Waals surface area (Å²) in [5.74, 6) is 0.0711. The topological polar surface area (TPSA) is 80.5 Å². The zero-order valence-electron chi connectivity index (χ0n) is 11.8. The van der Waals surface area contributed by atoms with Gasteiger partial charge < -0.3 is 20.7 Å². The number of carbonyl (C=O) groups is 1. The maximum absolute atomic E-state index is 11.5. The highest BCUT2D eigenvalue weighted by molar-refractivity contribution is 5.97. The van der Waals surface area contributed by atoms with E-state index in [-0.39, 0.29) is 0 Å². The van der Waals surface area contributed by atoms with Gasteiger partial charge in [0.15, 0.2) is 0 Å². The van der Waals surface area contributed by atoms with Crippen LogP contribution in [0.5, 0.6) is 0 Å². The van der Waals surface area contributed by atoms with Crippen LogP contribution in [0.15, 0.2) is 12.3 Å². The van der Waals surface area contributed by atoms with E-state index in [4.69, 9.17) is 5.73 Å². The molecule has 1 heterocycles. The van der Waals surface area contributed by atoms with E-state index in [2.05, 4.69) is 33.8 Å². The van der Waals surface area contributed by atoms with Gasteiger partial charge in [-0.25, -0.2) is 9.78 Å². The van der Waals surface area contributed by atoms with Crippen LogP contribution in [0, 0.1) is 0 Å². The predicted octanol–water partition coefficient (Wildman–Crippen LogP) is 1.20. The van der Waals surface area contributed by atoms with Gasteiger partial charge in [-0.1, -0.05) is 13.8 Å². The Balaban J connectivity index is 2.66. The highest BCUT2D eigenvalue weighted by atomic mass is 16.5. The molecule has 0 aromatic carbocycles. The van der Waals surface area contributed by atoms with Gasteiger partial charge in [0, 0.05) is 19.3 Å². The molecule has 0 atom stereocenters. The summed E-state index contributed by atoms with van der Waals surface area (Å²) >= 11 is 0. The molecule has 1 aromatic rings. The van der Waals surface area contributed by atoms with Crippen molar-refractivity contribution >= 4 is 17.5 Å². The van der Waals surface area contributed by atoms with Crippen LogP contribution in [0.4, 0.5) is 11.5 Å². The Hall–Kier alpha value is -1.82. The Morgan fingerprint density at radius 1 is 1.47 bits per heavy atom. The van der Waals surface area contributed by atoms with Crippen molar-refractivity contribution in [1.82, 2.24) is 9.88 Å². The molecule has 0 amide bonds. The molecule has 0 unspecified atom stereocenters. The molecule has 3 N–H and O–H groups in total. The zero-order chi connectivity index (χ0) is 14.3. The van der Waals surface area contributed by atoms with Gasteiger partial charge in [-0.3, -0.25) is 0 Å². The third kappa shape index (κ3) is 4.10. The first-order valence-electron chi connectivity index (χ1n) is 6.43. The highest BCUT2D eigenvalue weighted by Crippen LogP contribution is 2.20. The van der Waals surface area contributed by atoms with Gasteiger partial charge in [0.05, 0.1) is 18.4 Å². The minimum absolute atomic E-state index is 0.328. The minimum atomic E-state index is -0.452. The second-order valence-corrected chi connectivity index (χ2v) is 4.07. The van der Waals surface area contributed by atoms with Crippen LogP contribution in [-0.2, 0) is 4.74 Å². The number of hydrogen-bond donors (Lipinski definition) is 2. The van der Waals surface area contributed by atoms with Gasteiger partial charge >= 0.3 is 5.97 Å². The third-order valence-electron chi connectivity index (χ3n) is 3.01. The Bertz CT molecular complexity index is 419. The second kappa shape index (κ2) is 7.58. The largest absolute Gasteiger partial charge is 0.465 e. The van der Waals surface area contributed by atoms with Crippen molar-refractivity contribution < 1.29 is 9.53 Å². The number of rotatable bonds is 7. The summed E-state index contributed by atoms with van der Waals surface area (Å²) in [6.45, 7) is 7.87. The summed E-state index contributed by atoms with van der Waals surface area (Å²) < 4.78 is 4.67. The fraction of sp³-hybridized carbons (Fsp3) is 0.538. The van der Waals surface area contributed by atoms with Crippen LogP contribution in [0.3, 0.4) is 0 Å². The van der Waals surface area contributed by atoms with Gasteiger partial charge in [-0.15, -0.1) is 0 Å². The maximum atomic E-state index is 11.5. The third-order valence-corrected chi connectivity index (χ3v) is 3.01. The number of ether oxygens (including phenoxy) is 1. The second-order valence-electron chi connectivity index (χ2n) is 4.07. The fourth-order valence-electron chi connectivity index (χ4n) is 1.77. The average molecular weight is 266 g/mol. The van der Waals surface area contributed by atoms with E-state index < -0.39 is 5.97 Å². The lowest BCUT2D eigenvalue weighted by Crippen LogP contribution is -2.29. The molecule has 0 fully saturated rings. The quantitative estimate of drug-likeness (QED) is 0.722. The van der Waals surface area contributed by atoms with Gasteiger partial charge in [0.2, 0.25) is 0 Å².